The molecule has 2 aromatic carbocycles. The largest absolute Gasteiger partial charge is 0.326 e. The standard InChI is InChI=1S/C15H15ClIN3/c1-2-10-6-7-13(16)14(8-10)20-15(18)19-12-5-3-4-11(17)9-12/h3-9H,2H2,1H3,(H3,18,19,20). The molecule has 0 aliphatic carbocycles. The van der Waals surface area contributed by atoms with E-state index in [0.29, 0.717) is 5.02 Å². The minimum Gasteiger partial charge on any atom is -0.326 e. The molecule has 0 aliphatic heterocycles. The van der Waals surface area contributed by atoms with Gasteiger partial charge in [-0.25, -0.2) is 0 Å². The summed E-state index contributed by atoms with van der Waals surface area (Å²) in [6.07, 6.45) is 0.934. The van der Waals surface area contributed by atoms with Crippen LogP contribution in [0.5, 0.6) is 0 Å². The normalized spacial score (nSPS) is 10.2. The predicted octanol–water partition coefficient (Wildman–Crippen LogP) is 4.97. The maximum Gasteiger partial charge on any atom is 0.197 e. The van der Waals surface area contributed by atoms with Gasteiger partial charge in [-0.3, -0.25) is 5.41 Å². The van der Waals surface area contributed by atoms with Crippen molar-refractivity contribution in [2.45, 2.75) is 13.3 Å². The average molecular weight is 400 g/mol. The lowest BCUT2D eigenvalue weighted by atomic mass is 10.1. The zero-order valence-electron chi connectivity index (χ0n) is 11.0. The minimum absolute atomic E-state index is 0.196. The molecule has 2 rings (SSSR count). The second-order valence-electron chi connectivity index (χ2n) is 4.30. The van der Waals surface area contributed by atoms with Crippen LogP contribution in [0.2, 0.25) is 5.02 Å². The summed E-state index contributed by atoms with van der Waals surface area (Å²) in [5.41, 5.74) is 2.80. The molecule has 0 bridgehead atoms. The van der Waals surface area contributed by atoms with Crippen LogP contribution in [0.3, 0.4) is 0 Å². The maximum absolute atomic E-state index is 7.97. The SMILES string of the molecule is CCc1ccc(Cl)c(NC(=N)Nc2cccc(I)c2)c1. The van der Waals surface area contributed by atoms with Gasteiger partial charge in [0.2, 0.25) is 0 Å². The molecule has 5 heteroatoms. The van der Waals surface area contributed by atoms with E-state index in [1.807, 2.05) is 42.5 Å². The Bertz CT molecular complexity index is 628. The summed E-state index contributed by atoms with van der Waals surface area (Å²) >= 11 is 8.38. The first-order chi connectivity index (χ1) is 9.58. The lowest BCUT2D eigenvalue weighted by molar-refractivity contribution is 1.14. The van der Waals surface area contributed by atoms with Crippen molar-refractivity contribution < 1.29 is 0 Å². The van der Waals surface area contributed by atoms with E-state index in [9.17, 15) is 0 Å². The summed E-state index contributed by atoms with van der Waals surface area (Å²) in [6.45, 7) is 2.09. The number of nitrogens with one attached hydrogen (secondary N) is 3. The average Bonchev–Trinajstić information content (AvgIpc) is 2.41. The van der Waals surface area contributed by atoms with E-state index >= 15 is 0 Å². The van der Waals surface area contributed by atoms with Gasteiger partial charge in [-0.1, -0.05) is 30.7 Å². The first kappa shape index (κ1) is 15.1. The van der Waals surface area contributed by atoms with E-state index < -0.39 is 0 Å². The Kier molecular flexibility index (Phi) is 5.25. The fraction of sp³-hybridized carbons (Fsp3) is 0.133. The van der Waals surface area contributed by atoms with Crippen LogP contribution in [-0.4, -0.2) is 5.96 Å². The van der Waals surface area contributed by atoms with Crippen LogP contribution in [0.25, 0.3) is 0 Å². The van der Waals surface area contributed by atoms with E-state index in [4.69, 9.17) is 17.0 Å². The van der Waals surface area contributed by atoms with Gasteiger partial charge >= 0.3 is 0 Å². The van der Waals surface area contributed by atoms with Crippen molar-refractivity contribution in [3.05, 3.63) is 56.6 Å². The van der Waals surface area contributed by atoms with Crippen LogP contribution < -0.4 is 10.6 Å². The van der Waals surface area contributed by atoms with Crippen molar-refractivity contribution in [1.29, 1.82) is 5.41 Å². The molecule has 0 saturated carbocycles. The molecule has 0 amide bonds. The number of hydrogen-bond donors (Lipinski definition) is 3. The summed E-state index contributed by atoms with van der Waals surface area (Å²) in [5, 5.41) is 14.6. The second-order valence-corrected chi connectivity index (χ2v) is 5.96. The topological polar surface area (TPSA) is 47.9 Å². The summed E-state index contributed by atoms with van der Waals surface area (Å²) in [6, 6.07) is 13.6. The fourth-order valence-electron chi connectivity index (χ4n) is 1.76. The second kappa shape index (κ2) is 6.95. The van der Waals surface area contributed by atoms with Crippen molar-refractivity contribution in [3.8, 4) is 0 Å². The van der Waals surface area contributed by atoms with E-state index in [1.165, 1.54) is 5.56 Å². The number of aryl methyl sites for hydroxylation is 1. The zero-order valence-corrected chi connectivity index (χ0v) is 13.9. The molecule has 3 N–H and O–H groups in total. The van der Waals surface area contributed by atoms with Gasteiger partial charge in [0.1, 0.15) is 0 Å². The summed E-state index contributed by atoms with van der Waals surface area (Å²) < 4.78 is 1.12. The first-order valence-electron chi connectivity index (χ1n) is 6.25. The number of anilines is 2. The van der Waals surface area contributed by atoms with Gasteiger partial charge in [-0.15, -0.1) is 0 Å². The van der Waals surface area contributed by atoms with Crippen LogP contribution >= 0.6 is 34.2 Å². The Balaban J connectivity index is 2.08. The Hall–Kier alpha value is -1.27. The Morgan fingerprint density at radius 2 is 2.00 bits per heavy atom. The van der Waals surface area contributed by atoms with Gasteiger partial charge in [0.15, 0.2) is 5.96 Å². The molecule has 3 nitrogen and oxygen atoms in total. The third-order valence-corrected chi connectivity index (χ3v) is 3.79. The van der Waals surface area contributed by atoms with Crippen molar-refractivity contribution >= 4 is 51.5 Å². The molecular formula is C15H15ClIN3. The molecule has 0 heterocycles. The van der Waals surface area contributed by atoms with Crippen molar-refractivity contribution in [1.82, 2.24) is 0 Å². The number of benzene rings is 2. The molecular weight excluding hydrogens is 385 g/mol. The summed E-state index contributed by atoms with van der Waals surface area (Å²) in [7, 11) is 0. The quantitative estimate of drug-likeness (QED) is 0.388. The lowest BCUT2D eigenvalue weighted by Gasteiger charge is -2.13. The zero-order chi connectivity index (χ0) is 14.5. The van der Waals surface area contributed by atoms with Crippen LogP contribution in [0, 0.1) is 8.98 Å². The maximum atomic E-state index is 7.97. The van der Waals surface area contributed by atoms with Crippen molar-refractivity contribution in [2.75, 3.05) is 10.6 Å². The predicted molar refractivity (Wildman–Crippen MR) is 95.0 cm³/mol. The van der Waals surface area contributed by atoms with Gasteiger partial charge in [-0.2, -0.15) is 0 Å². The van der Waals surface area contributed by atoms with Crippen molar-refractivity contribution in [3.63, 3.8) is 0 Å². The monoisotopic (exact) mass is 399 g/mol. The Morgan fingerprint density at radius 3 is 2.70 bits per heavy atom. The molecule has 0 saturated heterocycles. The molecule has 2 aromatic rings. The molecule has 0 radical (unpaired) electrons. The van der Waals surface area contributed by atoms with Crippen LogP contribution in [0.15, 0.2) is 42.5 Å². The van der Waals surface area contributed by atoms with Gasteiger partial charge in [0.05, 0.1) is 10.7 Å². The van der Waals surface area contributed by atoms with Gasteiger partial charge in [0, 0.05) is 9.26 Å². The smallest absolute Gasteiger partial charge is 0.197 e. The minimum atomic E-state index is 0.196. The highest BCUT2D eigenvalue weighted by atomic mass is 127. The highest BCUT2D eigenvalue weighted by Crippen LogP contribution is 2.23. The summed E-state index contributed by atoms with van der Waals surface area (Å²) in [5.74, 6) is 0.196. The molecule has 0 atom stereocenters. The van der Waals surface area contributed by atoms with Gasteiger partial charge < -0.3 is 10.6 Å². The van der Waals surface area contributed by atoms with E-state index in [2.05, 4.69) is 40.1 Å². The Morgan fingerprint density at radius 1 is 1.20 bits per heavy atom. The van der Waals surface area contributed by atoms with Gasteiger partial charge in [-0.05, 0) is 64.9 Å². The molecule has 0 aromatic heterocycles. The van der Waals surface area contributed by atoms with E-state index in [1.54, 1.807) is 0 Å². The lowest BCUT2D eigenvalue weighted by Crippen LogP contribution is -2.20. The third kappa shape index (κ3) is 4.11. The highest BCUT2D eigenvalue weighted by molar-refractivity contribution is 14.1. The van der Waals surface area contributed by atoms with E-state index in [-0.39, 0.29) is 5.96 Å². The molecule has 104 valence electrons. The van der Waals surface area contributed by atoms with Crippen LogP contribution in [0.4, 0.5) is 11.4 Å². The molecule has 0 fully saturated rings. The number of hydrogen-bond acceptors (Lipinski definition) is 1. The number of rotatable bonds is 3. The van der Waals surface area contributed by atoms with Crippen LogP contribution in [0.1, 0.15) is 12.5 Å². The summed E-state index contributed by atoms with van der Waals surface area (Å²) in [4.78, 5) is 0. The molecule has 0 spiro atoms. The molecule has 0 unspecified atom stereocenters. The number of halogens is 2. The van der Waals surface area contributed by atoms with Crippen LogP contribution in [-0.2, 0) is 6.42 Å². The number of guanidine groups is 1. The molecule has 0 aliphatic rings. The van der Waals surface area contributed by atoms with Crippen molar-refractivity contribution in [2.24, 2.45) is 0 Å². The highest BCUT2D eigenvalue weighted by Gasteiger charge is 2.04. The fourth-order valence-corrected chi connectivity index (χ4v) is 2.47. The third-order valence-electron chi connectivity index (χ3n) is 2.79. The Labute approximate surface area is 137 Å². The van der Waals surface area contributed by atoms with Gasteiger partial charge in [0.25, 0.3) is 0 Å². The molecule has 20 heavy (non-hydrogen) atoms. The van der Waals surface area contributed by atoms with E-state index in [0.717, 1.165) is 21.4 Å². The first-order valence-corrected chi connectivity index (χ1v) is 7.70.